The molecule has 0 saturated carbocycles. The number of hydrogen-bond acceptors (Lipinski definition) is 3. The molecule has 0 spiro atoms. The molecule has 76 valence electrons. The second-order valence-electron chi connectivity index (χ2n) is 4.08. The molecule has 1 aromatic carbocycles. The van der Waals surface area contributed by atoms with Crippen LogP contribution in [0.3, 0.4) is 0 Å². The van der Waals surface area contributed by atoms with E-state index < -0.39 is 0 Å². The van der Waals surface area contributed by atoms with Gasteiger partial charge < -0.3 is 5.32 Å². The minimum atomic E-state index is 0.310. The molecule has 2 rings (SSSR count). The highest BCUT2D eigenvalue weighted by Crippen LogP contribution is 2.42. The molecule has 0 atom stereocenters. The summed E-state index contributed by atoms with van der Waals surface area (Å²) >= 11 is 3.77. The van der Waals surface area contributed by atoms with Gasteiger partial charge in [-0.2, -0.15) is 0 Å². The van der Waals surface area contributed by atoms with Gasteiger partial charge in [-0.15, -0.1) is 23.5 Å². The second kappa shape index (κ2) is 3.70. The summed E-state index contributed by atoms with van der Waals surface area (Å²) in [7, 11) is 0. The third-order valence-electron chi connectivity index (χ3n) is 2.28. The Labute approximate surface area is 94.0 Å². The van der Waals surface area contributed by atoms with Crippen molar-refractivity contribution in [1.29, 1.82) is 0 Å². The first-order valence-corrected chi connectivity index (χ1v) is 6.76. The van der Waals surface area contributed by atoms with Crippen molar-refractivity contribution in [3.05, 3.63) is 18.2 Å². The van der Waals surface area contributed by atoms with Crippen LogP contribution in [0.1, 0.15) is 13.8 Å². The van der Waals surface area contributed by atoms with E-state index in [0.29, 0.717) is 4.75 Å². The number of hydrogen-bond donors (Lipinski definition) is 1. The van der Waals surface area contributed by atoms with Gasteiger partial charge in [0.25, 0.3) is 0 Å². The maximum atomic E-state index is 3.47. The zero-order chi connectivity index (χ0) is 10.2. The molecule has 14 heavy (non-hydrogen) atoms. The van der Waals surface area contributed by atoms with Crippen LogP contribution in [0.4, 0.5) is 5.69 Å². The van der Waals surface area contributed by atoms with Gasteiger partial charge in [0.1, 0.15) is 0 Å². The quantitative estimate of drug-likeness (QED) is 0.732. The van der Waals surface area contributed by atoms with Crippen LogP contribution in [-0.4, -0.2) is 17.5 Å². The van der Waals surface area contributed by atoms with Crippen LogP contribution in [0, 0.1) is 0 Å². The van der Waals surface area contributed by atoms with E-state index in [1.54, 1.807) is 11.8 Å². The number of thioether (sulfide) groups is 2. The highest BCUT2D eigenvalue weighted by atomic mass is 32.2. The number of rotatable bonds is 1. The smallest absolute Gasteiger partial charge is 0.0479 e. The van der Waals surface area contributed by atoms with Gasteiger partial charge in [-0.05, 0) is 38.3 Å². The summed E-state index contributed by atoms with van der Waals surface area (Å²) in [5, 5.41) is 3.47. The lowest BCUT2D eigenvalue weighted by atomic mass is 10.2. The Morgan fingerprint density at radius 3 is 2.93 bits per heavy atom. The molecule has 0 radical (unpaired) electrons. The molecule has 1 aromatic rings. The molecule has 3 heteroatoms. The Hall–Kier alpha value is -0.280. The first-order chi connectivity index (χ1) is 6.61. The van der Waals surface area contributed by atoms with Gasteiger partial charge >= 0.3 is 0 Å². The van der Waals surface area contributed by atoms with E-state index >= 15 is 0 Å². The van der Waals surface area contributed by atoms with Crippen molar-refractivity contribution >= 4 is 29.2 Å². The maximum absolute atomic E-state index is 3.47. The highest BCUT2D eigenvalue weighted by Gasteiger charge is 2.25. The molecule has 0 unspecified atom stereocenters. The minimum absolute atomic E-state index is 0.310. The van der Waals surface area contributed by atoms with Crippen molar-refractivity contribution in [2.24, 2.45) is 0 Å². The van der Waals surface area contributed by atoms with Crippen LogP contribution < -0.4 is 5.32 Å². The van der Waals surface area contributed by atoms with E-state index in [0.717, 1.165) is 6.54 Å². The van der Waals surface area contributed by atoms with Crippen LogP contribution in [0.2, 0.25) is 0 Å². The summed E-state index contributed by atoms with van der Waals surface area (Å²) in [4.78, 5) is 2.73. The van der Waals surface area contributed by atoms with Gasteiger partial charge in [-0.3, -0.25) is 0 Å². The van der Waals surface area contributed by atoms with Crippen molar-refractivity contribution in [2.75, 3.05) is 18.1 Å². The standard InChI is InChI=1S/C11H15NS2/c1-11(2)7-12-9-5-4-8(13-3)6-10(9)14-11/h4-6,12H,7H2,1-3H3. The maximum Gasteiger partial charge on any atom is 0.0479 e. The Bertz CT molecular complexity index is 347. The fourth-order valence-electron chi connectivity index (χ4n) is 1.50. The van der Waals surface area contributed by atoms with E-state index in [2.05, 4.69) is 43.6 Å². The lowest BCUT2D eigenvalue weighted by molar-refractivity contribution is 0.738. The van der Waals surface area contributed by atoms with Gasteiger partial charge in [0.2, 0.25) is 0 Å². The van der Waals surface area contributed by atoms with Gasteiger partial charge in [-0.25, -0.2) is 0 Å². The zero-order valence-corrected chi connectivity index (χ0v) is 10.4. The Morgan fingerprint density at radius 1 is 1.43 bits per heavy atom. The van der Waals surface area contributed by atoms with Crippen LogP contribution in [0.25, 0.3) is 0 Å². The molecule has 0 amide bonds. The molecule has 1 aliphatic heterocycles. The molecule has 0 aromatic heterocycles. The average Bonchev–Trinajstić information content (AvgIpc) is 2.15. The Kier molecular flexibility index (Phi) is 2.71. The topological polar surface area (TPSA) is 12.0 Å². The van der Waals surface area contributed by atoms with Crippen LogP contribution in [0.5, 0.6) is 0 Å². The number of nitrogens with one attached hydrogen (secondary N) is 1. The summed E-state index contributed by atoms with van der Waals surface area (Å²) in [6.07, 6.45) is 2.12. The molecule has 0 aliphatic carbocycles. The lowest BCUT2D eigenvalue weighted by Crippen LogP contribution is -2.29. The first kappa shape index (κ1) is 10.2. The van der Waals surface area contributed by atoms with Crippen molar-refractivity contribution in [3.63, 3.8) is 0 Å². The molecular formula is C11H15NS2. The molecule has 1 heterocycles. The van der Waals surface area contributed by atoms with Gasteiger partial charge in [0, 0.05) is 26.8 Å². The van der Waals surface area contributed by atoms with Crippen molar-refractivity contribution in [3.8, 4) is 0 Å². The number of anilines is 1. The second-order valence-corrected chi connectivity index (χ2v) is 6.71. The van der Waals surface area contributed by atoms with Crippen LogP contribution >= 0.6 is 23.5 Å². The van der Waals surface area contributed by atoms with Crippen molar-refractivity contribution in [1.82, 2.24) is 0 Å². The Morgan fingerprint density at radius 2 is 2.21 bits per heavy atom. The van der Waals surface area contributed by atoms with Crippen molar-refractivity contribution in [2.45, 2.75) is 28.4 Å². The monoisotopic (exact) mass is 225 g/mol. The largest absolute Gasteiger partial charge is 0.383 e. The fourth-order valence-corrected chi connectivity index (χ4v) is 3.19. The minimum Gasteiger partial charge on any atom is -0.383 e. The normalized spacial score (nSPS) is 18.5. The van der Waals surface area contributed by atoms with E-state index in [4.69, 9.17) is 0 Å². The predicted molar refractivity (Wildman–Crippen MR) is 66.6 cm³/mol. The van der Waals surface area contributed by atoms with Crippen LogP contribution in [-0.2, 0) is 0 Å². The zero-order valence-electron chi connectivity index (χ0n) is 8.76. The van der Waals surface area contributed by atoms with Gasteiger partial charge in [0.05, 0.1) is 0 Å². The summed E-state index contributed by atoms with van der Waals surface area (Å²) in [6.45, 7) is 5.60. The predicted octanol–water partition coefficient (Wildman–Crippen LogP) is 3.70. The summed E-state index contributed by atoms with van der Waals surface area (Å²) in [6, 6.07) is 6.64. The summed E-state index contributed by atoms with van der Waals surface area (Å²) in [5.41, 5.74) is 1.28. The SMILES string of the molecule is CSc1ccc2c(c1)SC(C)(C)CN2. The molecule has 1 N–H and O–H groups in total. The summed E-state index contributed by atoms with van der Waals surface area (Å²) in [5.74, 6) is 0. The van der Waals surface area contributed by atoms with Gasteiger partial charge in [-0.1, -0.05) is 0 Å². The summed E-state index contributed by atoms with van der Waals surface area (Å²) < 4.78 is 0.310. The van der Waals surface area contributed by atoms with Gasteiger partial charge in [0.15, 0.2) is 0 Å². The van der Waals surface area contributed by atoms with Crippen LogP contribution in [0.15, 0.2) is 28.0 Å². The molecule has 0 bridgehead atoms. The third-order valence-corrected chi connectivity index (χ3v) is 4.26. The average molecular weight is 225 g/mol. The Balaban J connectivity index is 2.34. The molecule has 1 nitrogen and oxygen atoms in total. The van der Waals surface area contributed by atoms with Crippen molar-refractivity contribution < 1.29 is 0 Å². The first-order valence-electron chi connectivity index (χ1n) is 4.72. The molecule has 0 fully saturated rings. The number of fused-ring (bicyclic) bond motifs is 1. The van der Waals surface area contributed by atoms with E-state index in [1.165, 1.54) is 15.5 Å². The molecular weight excluding hydrogens is 210 g/mol. The third kappa shape index (κ3) is 2.04. The molecule has 0 saturated heterocycles. The van der Waals surface area contributed by atoms with E-state index in [9.17, 15) is 0 Å². The lowest BCUT2D eigenvalue weighted by Gasteiger charge is -2.31. The molecule has 1 aliphatic rings. The fraction of sp³-hybridized carbons (Fsp3) is 0.455. The number of benzene rings is 1. The van der Waals surface area contributed by atoms with E-state index in [-0.39, 0.29) is 0 Å². The van der Waals surface area contributed by atoms with E-state index in [1.807, 2.05) is 11.8 Å². The highest BCUT2D eigenvalue weighted by molar-refractivity contribution is 8.01.